The van der Waals surface area contributed by atoms with Gasteiger partial charge in [-0.15, -0.1) is 0 Å². The molecule has 0 spiro atoms. The predicted octanol–water partition coefficient (Wildman–Crippen LogP) is 1.86. The molecule has 0 bridgehead atoms. The van der Waals surface area contributed by atoms with Gasteiger partial charge in [0.2, 0.25) is 5.91 Å². The summed E-state index contributed by atoms with van der Waals surface area (Å²) in [5.74, 6) is -0.497. The summed E-state index contributed by atoms with van der Waals surface area (Å²) in [6.45, 7) is 2.38. The van der Waals surface area contributed by atoms with Crippen molar-refractivity contribution in [3.8, 4) is 5.75 Å². The lowest BCUT2D eigenvalue weighted by Crippen LogP contribution is -2.49. The number of methoxy groups -OCH3 is 1. The third-order valence-electron chi connectivity index (χ3n) is 3.86. The number of nitrogens with one attached hydrogen (secondary N) is 3. The van der Waals surface area contributed by atoms with E-state index < -0.39 is 23.9 Å². The molecule has 1 aliphatic rings. The zero-order valence-electron chi connectivity index (χ0n) is 13.3. The lowest BCUT2D eigenvalue weighted by Gasteiger charge is -2.19. The average molecular weight is 323 g/mol. The SMILES string of the molecule is COc1ccc([C@H](C)NC(=O)N[C@H]2CCCCNC2=O)cc1F. The average Bonchev–Trinajstić information content (AvgIpc) is 2.72. The number of halogens is 1. The Balaban J connectivity index is 1.93. The van der Waals surface area contributed by atoms with E-state index in [2.05, 4.69) is 16.0 Å². The van der Waals surface area contributed by atoms with Gasteiger partial charge in [0.1, 0.15) is 6.04 Å². The van der Waals surface area contributed by atoms with E-state index in [1.807, 2.05) is 0 Å². The second-order valence-electron chi connectivity index (χ2n) is 5.57. The van der Waals surface area contributed by atoms with Crippen LogP contribution in [0.5, 0.6) is 5.75 Å². The van der Waals surface area contributed by atoms with Crippen LogP contribution in [-0.4, -0.2) is 31.6 Å². The maximum atomic E-state index is 13.7. The second kappa shape index (κ2) is 7.80. The third-order valence-corrected chi connectivity index (χ3v) is 3.86. The predicted molar refractivity (Wildman–Crippen MR) is 83.7 cm³/mol. The van der Waals surface area contributed by atoms with Gasteiger partial charge < -0.3 is 20.7 Å². The summed E-state index contributed by atoms with van der Waals surface area (Å²) in [6.07, 6.45) is 2.40. The number of benzene rings is 1. The molecule has 0 saturated carbocycles. The Labute approximate surface area is 134 Å². The second-order valence-corrected chi connectivity index (χ2v) is 5.57. The Hall–Kier alpha value is -2.31. The highest BCUT2D eigenvalue weighted by Gasteiger charge is 2.23. The summed E-state index contributed by atoms with van der Waals surface area (Å²) >= 11 is 0. The molecule has 6 nitrogen and oxygen atoms in total. The lowest BCUT2D eigenvalue weighted by molar-refractivity contribution is -0.122. The standard InChI is InChI=1S/C16H22FN3O3/c1-10(11-6-7-14(23-2)12(17)9-11)19-16(22)20-13-5-3-4-8-18-15(13)21/h6-7,9-10,13H,3-5,8H2,1-2H3,(H,18,21)(H2,19,20,22)/t10-,13-/m0/s1. The molecule has 23 heavy (non-hydrogen) atoms. The molecule has 2 atom stereocenters. The summed E-state index contributed by atoms with van der Waals surface area (Å²) in [7, 11) is 1.39. The monoisotopic (exact) mass is 323 g/mol. The normalized spacial score (nSPS) is 19.3. The quantitative estimate of drug-likeness (QED) is 0.791. The molecular formula is C16H22FN3O3. The molecule has 1 aromatic carbocycles. The fourth-order valence-corrected chi connectivity index (χ4v) is 2.51. The van der Waals surface area contributed by atoms with E-state index in [1.54, 1.807) is 13.0 Å². The highest BCUT2D eigenvalue weighted by Crippen LogP contribution is 2.21. The molecule has 1 heterocycles. The minimum Gasteiger partial charge on any atom is -0.494 e. The zero-order valence-corrected chi connectivity index (χ0v) is 13.3. The van der Waals surface area contributed by atoms with Crippen molar-refractivity contribution in [3.63, 3.8) is 0 Å². The highest BCUT2D eigenvalue weighted by molar-refractivity contribution is 5.87. The van der Waals surface area contributed by atoms with Crippen molar-refractivity contribution >= 4 is 11.9 Å². The zero-order chi connectivity index (χ0) is 16.8. The van der Waals surface area contributed by atoms with Gasteiger partial charge in [0.15, 0.2) is 11.6 Å². The first-order chi connectivity index (χ1) is 11.0. The number of carbonyl (C=O) groups excluding carboxylic acids is 2. The van der Waals surface area contributed by atoms with Crippen molar-refractivity contribution in [2.75, 3.05) is 13.7 Å². The van der Waals surface area contributed by atoms with Gasteiger partial charge >= 0.3 is 6.03 Å². The molecule has 0 aliphatic carbocycles. The van der Waals surface area contributed by atoms with E-state index >= 15 is 0 Å². The van der Waals surface area contributed by atoms with Crippen LogP contribution in [0, 0.1) is 5.82 Å². The maximum Gasteiger partial charge on any atom is 0.315 e. The Kier molecular flexibility index (Phi) is 5.78. The van der Waals surface area contributed by atoms with E-state index in [9.17, 15) is 14.0 Å². The van der Waals surface area contributed by atoms with Gasteiger partial charge in [0.25, 0.3) is 0 Å². The summed E-state index contributed by atoms with van der Waals surface area (Å²) in [4.78, 5) is 23.8. The number of hydrogen-bond donors (Lipinski definition) is 3. The van der Waals surface area contributed by atoms with Crippen molar-refractivity contribution in [1.29, 1.82) is 0 Å². The molecule has 2 rings (SSSR count). The van der Waals surface area contributed by atoms with Crippen LogP contribution in [0.1, 0.15) is 37.8 Å². The van der Waals surface area contributed by atoms with E-state index in [4.69, 9.17) is 4.74 Å². The van der Waals surface area contributed by atoms with Gasteiger partial charge in [-0.3, -0.25) is 4.79 Å². The molecule has 3 N–H and O–H groups in total. The molecule has 1 fully saturated rings. The van der Waals surface area contributed by atoms with Crippen molar-refractivity contribution in [3.05, 3.63) is 29.6 Å². The van der Waals surface area contributed by atoms with Crippen LogP contribution in [0.4, 0.5) is 9.18 Å². The van der Waals surface area contributed by atoms with Crippen molar-refractivity contribution in [1.82, 2.24) is 16.0 Å². The van der Waals surface area contributed by atoms with Gasteiger partial charge in [-0.2, -0.15) is 0 Å². The van der Waals surface area contributed by atoms with Crippen LogP contribution in [0.15, 0.2) is 18.2 Å². The van der Waals surface area contributed by atoms with E-state index in [0.717, 1.165) is 12.8 Å². The van der Waals surface area contributed by atoms with Crippen LogP contribution in [0.3, 0.4) is 0 Å². The molecule has 1 saturated heterocycles. The molecule has 1 aliphatic heterocycles. The Morgan fingerprint density at radius 2 is 2.22 bits per heavy atom. The maximum absolute atomic E-state index is 13.7. The Bertz CT molecular complexity index is 580. The fraction of sp³-hybridized carbons (Fsp3) is 0.500. The van der Waals surface area contributed by atoms with Crippen LogP contribution in [0.2, 0.25) is 0 Å². The van der Waals surface area contributed by atoms with Gasteiger partial charge in [-0.1, -0.05) is 6.07 Å². The molecular weight excluding hydrogens is 301 g/mol. The fourth-order valence-electron chi connectivity index (χ4n) is 2.51. The van der Waals surface area contributed by atoms with Gasteiger partial charge in [-0.25, -0.2) is 9.18 Å². The molecule has 1 aromatic rings. The first-order valence-electron chi connectivity index (χ1n) is 7.69. The molecule has 126 valence electrons. The first-order valence-corrected chi connectivity index (χ1v) is 7.69. The Morgan fingerprint density at radius 1 is 1.43 bits per heavy atom. The van der Waals surface area contributed by atoms with Crippen LogP contribution in [-0.2, 0) is 4.79 Å². The summed E-state index contributed by atoms with van der Waals surface area (Å²) < 4.78 is 18.6. The molecule has 0 radical (unpaired) electrons. The van der Waals surface area contributed by atoms with Crippen molar-refractivity contribution in [2.45, 2.75) is 38.3 Å². The largest absolute Gasteiger partial charge is 0.494 e. The minimum absolute atomic E-state index is 0.153. The van der Waals surface area contributed by atoms with E-state index in [0.29, 0.717) is 18.5 Å². The van der Waals surface area contributed by atoms with Gasteiger partial charge in [-0.05, 0) is 43.9 Å². The van der Waals surface area contributed by atoms with Crippen molar-refractivity contribution < 1.29 is 18.7 Å². The van der Waals surface area contributed by atoms with Gasteiger partial charge in [0, 0.05) is 6.54 Å². The van der Waals surface area contributed by atoms with Crippen LogP contribution in [0.25, 0.3) is 0 Å². The smallest absolute Gasteiger partial charge is 0.315 e. The summed E-state index contributed by atoms with van der Waals surface area (Å²) in [5.41, 5.74) is 0.615. The topological polar surface area (TPSA) is 79.5 Å². The van der Waals surface area contributed by atoms with Crippen LogP contribution >= 0.6 is 0 Å². The number of urea groups is 1. The molecule has 0 unspecified atom stereocenters. The van der Waals surface area contributed by atoms with E-state index in [1.165, 1.54) is 19.2 Å². The first kappa shape index (κ1) is 17.1. The van der Waals surface area contributed by atoms with E-state index in [-0.39, 0.29) is 11.7 Å². The van der Waals surface area contributed by atoms with Crippen LogP contribution < -0.4 is 20.7 Å². The molecule has 3 amide bonds. The molecule has 0 aromatic heterocycles. The number of amides is 3. The lowest BCUT2D eigenvalue weighted by atomic mass is 10.1. The number of carbonyl (C=O) groups is 2. The highest BCUT2D eigenvalue weighted by atomic mass is 19.1. The van der Waals surface area contributed by atoms with Gasteiger partial charge in [0.05, 0.1) is 13.2 Å². The minimum atomic E-state index is -0.530. The summed E-state index contributed by atoms with van der Waals surface area (Å²) in [5, 5.41) is 8.14. The number of ether oxygens (including phenoxy) is 1. The number of rotatable bonds is 4. The summed E-state index contributed by atoms with van der Waals surface area (Å²) in [6, 6.07) is 3.14. The number of hydrogen-bond acceptors (Lipinski definition) is 3. The molecule has 7 heteroatoms. The van der Waals surface area contributed by atoms with Crippen molar-refractivity contribution in [2.24, 2.45) is 0 Å². The third kappa shape index (κ3) is 4.58. The Morgan fingerprint density at radius 3 is 2.91 bits per heavy atom.